The van der Waals surface area contributed by atoms with Crippen LogP contribution in [0.1, 0.15) is 11.1 Å². The SMILES string of the molecule is COc1cc(C)ccc1CN1CCN(C)[C@@H]2CS(=O)(=O)C[C@@H]21. The van der Waals surface area contributed by atoms with Gasteiger partial charge < -0.3 is 4.74 Å². The third-order valence-electron chi connectivity index (χ3n) is 4.88. The van der Waals surface area contributed by atoms with E-state index in [1.165, 1.54) is 5.56 Å². The third kappa shape index (κ3) is 3.00. The minimum Gasteiger partial charge on any atom is -0.496 e. The first-order valence-corrected chi connectivity index (χ1v) is 9.50. The van der Waals surface area contributed by atoms with Crippen LogP contribution in [0.2, 0.25) is 0 Å². The first-order chi connectivity index (χ1) is 10.4. The molecule has 1 aromatic rings. The largest absolute Gasteiger partial charge is 0.496 e. The molecule has 6 heteroatoms. The summed E-state index contributed by atoms with van der Waals surface area (Å²) in [5, 5.41) is 0. The van der Waals surface area contributed by atoms with Gasteiger partial charge in [-0.1, -0.05) is 12.1 Å². The maximum absolute atomic E-state index is 12.0. The molecule has 1 aromatic carbocycles. The van der Waals surface area contributed by atoms with E-state index < -0.39 is 9.84 Å². The van der Waals surface area contributed by atoms with E-state index >= 15 is 0 Å². The maximum atomic E-state index is 12.0. The van der Waals surface area contributed by atoms with Crippen LogP contribution < -0.4 is 4.74 Å². The molecule has 2 heterocycles. The van der Waals surface area contributed by atoms with E-state index in [9.17, 15) is 8.42 Å². The molecular formula is C16H24N2O3S. The molecule has 122 valence electrons. The number of ether oxygens (including phenoxy) is 1. The van der Waals surface area contributed by atoms with Gasteiger partial charge in [-0.25, -0.2) is 8.42 Å². The minimum atomic E-state index is -2.92. The number of fused-ring (bicyclic) bond motifs is 1. The fourth-order valence-electron chi connectivity index (χ4n) is 3.60. The number of nitrogens with zero attached hydrogens (tertiary/aromatic N) is 2. The second kappa shape index (κ2) is 5.83. The number of sulfone groups is 1. The Bertz CT molecular complexity index is 659. The van der Waals surface area contributed by atoms with Crippen molar-refractivity contribution in [2.24, 2.45) is 0 Å². The van der Waals surface area contributed by atoms with Crippen molar-refractivity contribution in [3.63, 3.8) is 0 Å². The molecule has 2 saturated heterocycles. The summed E-state index contributed by atoms with van der Waals surface area (Å²) in [6.07, 6.45) is 0. The second-order valence-electron chi connectivity index (χ2n) is 6.48. The summed E-state index contributed by atoms with van der Waals surface area (Å²) in [6, 6.07) is 6.42. The molecule has 0 spiro atoms. The highest BCUT2D eigenvalue weighted by Gasteiger charge is 2.45. The van der Waals surface area contributed by atoms with Gasteiger partial charge in [0.2, 0.25) is 0 Å². The number of hydrogen-bond donors (Lipinski definition) is 0. The molecule has 0 aliphatic carbocycles. The monoisotopic (exact) mass is 324 g/mol. The molecule has 0 unspecified atom stereocenters. The topological polar surface area (TPSA) is 49.9 Å². The highest BCUT2D eigenvalue weighted by molar-refractivity contribution is 7.91. The van der Waals surface area contributed by atoms with E-state index in [-0.39, 0.29) is 23.6 Å². The van der Waals surface area contributed by atoms with Gasteiger partial charge in [0, 0.05) is 37.3 Å². The van der Waals surface area contributed by atoms with Gasteiger partial charge in [0.1, 0.15) is 5.75 Å². The van der Waals surface area contributed by atoms with Gasteiger partial charge in [-0.15, -0.1) is 0 Å². The Morgan fingerprint density at radius 2 is 1.95 bits per heavy atom. The van der Waals surface area contributed by atoms with Crippen LogP contribution >= 0.6 is 0 Å². The number of methoxy groups -OCH3 is 1. The summed E-state index contributed by atoms with van der Waals surface area (Å²) < 4.78 is 29.5. The van der Waals surface area contributed by atoms with E-state index in [1.807, 2.05) is 20.0 Å². The molecule has 3 rings (SSSR count). The van der Waals surface area contributed by atoms with Crippen molar-refractivity contribution in [1.29, 1.82) is 0 Å². The minimum absolute atomic E-state index is 0.0924. The van der Waals surface area contributed by atoms with Crippen LogP contribution in [-0.4, -0.2) is 69.1 Å². The Hall–Kier alpha value is -1.11. The van der Waals surface area contributed by atoms with E-state index in [2.05, 4.69) is 21.9 Å². The highest BCUT2D eigenvalue weighted by atomic mass is 32.2. The number of likely N-dealkylation sites (N-methyl/N-ethyl adjacent to an activating group) is 1. The Labute approximate surface area is 132 Å². The zero-order valence-corrected chi connectivity index (χ0v) is 14.3. The quantitative estimate of drug-likeness (QED) is 0.827. The first kappa shape index (κ1) is 15.8. The average Bonchev–Trinajstić information content (AvgIpc) is 2.80. The zero-order valence-electron chi connectivity index (χ0n) is 13.4. The van der Waals surface area contributed by atoms with E-state index in [1.54, 1.807) is 7.11 Å². The van der Waals surface area contributed by atoms with Crippen molar-refractivity contribution in [2.75, 3.05) is 38.8 Å². The number of piperazine rings is 1. The fraction of sp³-hybridized carbons (Fsp3) is 0.625. The molecule has 22 heavy (non-hydrogen) atoms. The summed E-state index contributed by atoms with van der Waals surface area (Å²) in [5.41, 5.74) is 2.29. The lowest BCUT2D eigenvalue weighted by Gasteiger charge is -2.42. The van der Waals surface area contributed by atoms with Crippen LogP contribution in [-0.2, 0) is 16.4 Å². The Morgan fingerprint density at radius 1 is 1.23 bits per heavy atom. The lowest BCUT2D eigenvalue weighted by atomic mass is 10.0. The summed E-state index contributed by atoms with van der Waals surface area (Å²) in [7, 11) is 0.792. The molecule has 2 atom stereocenters. The predicted molar refractivity (Wildman–Crippen MR) is 87.0 cm³/mol. The zero-order chi connectivity index (χ0) is 15.9. The molecule has 2 aliphatic heterocycles. The summed E-state index contributed by atoms with van der Waals surface area (Å²) in [4.78, 5) is 4.50. The number of hydrogen-bond acceptors (Lipinski definition) is 5. The normalized spacial score (nSPS) is 28.5. The number of rotatable bonds is 3. The van der Waals surface area contributed by atoms with Crippen LogP contribution in [0.15, 0.2) is 18.2 Å². The van der Waals surface area contributed by atoms with Crippen molar-refractivity contribution in [2.45, 2.75) is 25.6 Å². The molecule has 0 bridgehead atoms. The van der Waals surface area contributed by atoms with E-state index in [0.717, 1.165) is 30.9 Å². The van der Waals surface area contributed by atoms with Crippen LogP contribution in [0.3, 0.4) is 0 Å². The van der Waals surface area contributed by atoms with Gasteiger partial charge in [0.15, 0.2) is 9.84 Å². The number of benzene rings is 1. The van der Waals surface area contributed by atoms with Gasteiger partial charge in [-0.05, 0) is 25.6 Å². The van der Waals surface area contributed by atoms with Crippen molar-refractivity contribution in [3.05, 3.63) is 29.3 Å². The first-order valence-electron chi connectivity index (χ1n) is 7.68. The van der Waals surface area contributed by atoms with Gasteiger partial charge in [0.05, 0.1) is 18.6 Å². The van der Waals surface area contributed by atoms with Crippen LogP contribution in [0.5, 0.6) is 5.75 Å². The summed E-state index contributed by atoms with van der Waals surface area (Å²) in [6.45, 7) is 4.59. The molecule has 0 aromatic heterocycles. The van der Waals surface area contributed by atoms with E-state index in [0.29, 0.717) is 0 Å². The predicted octanol–water partition coefficient (Wildman–Crippen LogP) is 0.917. The molecule has 0 saturated carbocycles. The average molecular weight is 324 g/mol. The lowest BCUT2D eigenvalue weighted by molar-refractivity contribution is 0.0568. The molecule has 0 N–H and O–H groups in total. The van der Waals surface area contributed by atoms with Gasteiger partial charge in [0.25, 0.3) is 0 Å². The van der Waals surface area contributed by atoms with E-state index in [4.69, 9.17) is 4.74 Å². The van der Waals surface area contributed by atoms with Crippen molar-refractivity contribution >= 4 is 9.84 Å². The molecule has 2 aliphatic rings. The summed E-state index contributed by atoms with van der Waals surface area (Å²) >= 11 is 0. The summed E-state index contributed by atoms with van der Waals surface area (Å²) in [5.74, 6) is 1.45. The van der Waals surface area contributed by atoms with Gasteiger partial charge in [-0.2, -0.15) is 0 Å². The van der Waals surface area contributed by atoms with Crippen molar-refractivity contribution in [1.82, 2.24) is 9.80 Å². The number of aryl methyl sites for hydroxylation is 1. The van der Waals surface area contributed by atoms with Gasteiger partial charge >= 0.3 is 0 Å². The second-order valence-corrected chi connectivity index (χ2v) is 8.63. The Balaban J connectivity index is 1.83. The molecule has 0 amide bonds. The van der Waals surface area contributed by atoms with Gasteiger partial charge in [-0.3, -0.25) is 9.80 Å². The van der Waals surface area contributed by atoms with Crippen LogP contribution in [0.25, 0.3) is 0 Å². The maximum Gasteiger partial charge on any atom is 0.153 e. The highest BCUT2D eigenvalue weighted by Crippen LogP contribution is 2.29. The Kier molecular flexibility index (Phi) is 4.18. The smallest absolute Gasteiger partial charge is 0.153 e. The molecule has 0 radical (unpaired) electrons. The molecule has 5 nitrogen and oxygen atoms in total. The lowest BCUT2D eigenvalue weighted by Crippen LogP contribution is -2.57. The van der Waals surface area contributed by atoms with Crippen molar-refractivity contribution < 1.29 is 13.2 Å². The third-order valence-corrected chi connectivity index (χ3v) is 6.58. The fourth-order valence-corrected chi connectivity index (χ4v) is 5.68. The van der Waals surface area contributed by atoms with Crippen LogP contribution in [0.4, 0.5) is 0 Å². The van der Waals surface area contributed by atoms with Crippen LogP contribution in [0, 0.1) is 6.92 Å². The van der Waals surface area contributed by atoms with Crippen molar-refractivity contribution in [3.8, 4) is 5.75 Å². The standard InChI is InChI=1S/C16H24N2O3S/c1-12-4-5-13(16(8-12)21-3)9-18-7-6-17(2)14-10-22(19,20)11-15(14)18/h4-5,8,14-15H,6-7,9-11H2,1-3H3/t14-,15+/m1/s1. The Morgan fingerprint density at radius 3 is 2.68 bits per heavy atom. The molecule has 2 fully saturated rings. The molecular weight excluding hydrogens is 300 g/mol.